The summed E-state index contributed by atoms with van der Waals surface area (Å²) in [4.78, 5) is 15.8. The second-order valence-electron chi connectivity index (χ2n) is 5.87. The highest BCUT2D eigenvalue weighted by Crippen LogP contribution is 2.25. The Hall–Kier alpha value is -1.14. The molecule has 2 rings (SSSR count). The van der Waals surface area contributed by atoms with Crippen molar-refractivity contribution in [2.75, 3.05) is 33.7 Å². The number of likely N-dealkylation sites (tertiary alicyclic amines) is 1. The molecule has 2 N–H and O–H groups in total. The summed E-state index contributed by atoms with van der Waals surface area (Å²) >= 11 is 5.81. The first-order valence-electron chi connectivity index (χ1n) is 6.92. The van der Waals surface area contributed by atoms with Crippen molar-refractivity contribution in [2.45, 2.75) is 18.1 Å². The molecule has 21 heavy (non-hydrogen) atoms. The molecule has 0 radical (unpaired) electrons. The van der Waals surface area contributed by atoms with Crippen molar-refractivity contribution in [3.63, 3.8) is 0 Å². The van der Waals surface area contributed by atoms with Gasteiger partial charge >= 0.3 is 0 Å². The van der Waals surface area contributed by atoms with Crippen LogP contribution >= 0.6 is 11.6 Å². The smallest absolute Gasteiger partial charge is 0.253 e. The third-order valence-corrected chi connectivity index (χ3v) is 4.05. The molecule has 1 aliphatic heterocycles. The van der Waals surface area contributed by atoms with Crippen LogP contribution < -0.4 is 0 Å². The van der Waals surface area contributed by atoms with Gasteiger partial charge in [0.05, 0.1) is 0 Å². The van der Waals surface area contributed by atoms with E-state index in [1.165, 1.54) is 0 Å². The van der Waals surface area contributed by atoms with Crippen LogP contribution in [0, 0.1) is 0 Å². The number of carbonyl (C=O) groups is 1. The molecule has 1 amide bonds. The number of rotatable bonds is 3. The lowest BCUT2D eigenvalue weighted by Gasteiger charge is -2.43. The molecule has 1 aromatic rings. The van der Waals surface area contributed by atoms with Crippen molar-refractivity contribution in [1.29, 1.82) is 0 Å². The first-order chi connectivity index (χ1) is 9.82. The molecule has 0 unspecified atom stereocenters. The highest BCUT2D eigenvalue weighted by molar-refractivity contribution is 6.30. The van der Waals surface area contributed by atoms with E-state index in [2.05, 4.69) is 0 Å². The molecule has 1 heterocycles. The maximum atomic E-state index is 12.4. The highest BCUT2D eigenvalue weighted by atomic mass is 35.5. The number of carbonyl (C=O) groups excluding carboxylic acids is 1. The standard InChI is InChI=1S/C15H21ClN2O3/c1-17(2)10-15(21)7-8-18(9-13(15)19)14(20)11-3-5-12(16)6-4-11/h3-6,13,19,21H,7-10H2,1-2H3/t13-,15-/m0/s1. The van der Waals surface area contributed by atoms with Crippen molar-refractivity contribution < 1.29 is 15.0 Å². The molecule has 5 nitrogen and oxygen atoms in total. The lowest BCUT2D eigenvalue weighted by atomic mass is 9.88. The largest absolute Gasteiger partial charge is 0.388 e. The Morgan fingerprint density at radius 1 is 1.43 bits per heavy atom. The van der Waals surface area contributed by atoms with Crippen LogP contribution in [0.5, 0.6) is 0 Å². The Labute approximate surface area is 129 Å². The number of aliphatic hydroxyl groups excluding tert-OH is 1. The molecule has 1 aromatic carbocycles. The van der Waals surface area contributed by atoms with Crippen molar-refractivity contribution >= 4 is 17.5 Å². The third kappa shape index (κ3) is 3.74. The van der Waals surface area contributed by atoms with E-state index in [0.29, 0.717) is 30.1 Å². The minimum atomic E-state index is -1.17. The molecule has 1 aliphatic rings. The normalized spacial score (nSPS) is 26.2. The van der Waals surface area contributed by atoms with Crippen molar-refractivity contribution in [1.82, 2.24) is 9.80 Å². The Kier molecular flexibility index (Phi) is 4.88. The molecule has 0 aliphatic carbocycles. The number of β-amino-alcohol motifs (C(OH)–C–C–N with tert-alkyl or cyclic N) is 1. The van der Waals surface area contributed by atoms with Gasteiger partial charge in [0.25, 0.3) is 5.91 Å². The first-order valence-corrected chi connectivity index (χ1v) is 7.29. The van der Waals surface area contributed by atoms with Gasteiger partial charge in [-0.1, -0.05) is 11.6 Å². The lowest BCUT2D eigenvalue weighted by Crippen LogP contribution is -2.60. The van der Waals surface area contributed by atoms with Gasteiger partial charge in [0, 0.05) is 30.2 Å². The third-order valence-electron chi connectivity index (χ3n) is 3.80. The molecule has 0 spiro atoms. The zero-order valence-electron chi connectivity index (χ0n) is 12.3. The molecular weight excluding hydrogens is 292 g/mol. The van der Waals surface area contributed by atoms with Crippen LogP contribution in [0.4, 0.5) is 0 Å². The van der Waals surface area contributed by atoms with E-state index in [4.69, 9.17) is 11.6 Å². The minimum Gasteiger partial charge on any atom is -0.388 e. The maximum Gasteiger partial charge on any atom is 0.253 e. The van der Waals surface area contributed by atoms with Crippen molar-refractivity contribution in [3.8, 4) is 0 Å². The van der Waals surface area contributed by atoms with Gasteiger partial charge in [0.2, 0.25) is 0 Å². The van der Waals surface area contributed by atoms with Gasteiger partial charge in [-0.15, -0.1) is 0 Å². The highest BCUT2D eigenvalue weighted by Gasteiger charge is 2.42. The molecule has 0 aromatic heterocycles. The average molecular weight is 313 g/mol. The van der Waals surface area contributed by atoms with Gasteiger partial charge in [-0.3, -0.25) is 4.79 Å². The van der Waals surface area contributed by atoms with Crippen molar-refractivity contribution in [2.24, 2.45) is 0 Å². The quantitative estimate of drug-likeness (QED) is 0.868. The predicted octanol–water partition coefficient (Wildman–Crippen LogP) is 0.839. The molecular formula is C15H21ClN2O3. The molecule has 116 valence electrons. The Morgan fingerprint density at radius 3 is 2.57 bits per heavy atom. The number of piperidine rings is 1. The number of halogens is 1. The van der Waals surface area contributed by atoms with Gasteiger partial charge < -0.3 is 20.0 Å². The van der Waals surface area contributed by atoms with Crippen LogP contribution in [0.1, 0.15) is 16.8 Å². The summed E-state index contributed by atoms with van der Waals surface area (Å²) in [6.45, 7) is 0.922. The monoisotopic (exact) mass is 312 g/mol. The molecule has 1 saturated heterocycles. The van der Waals surface area contributed by atoms with E-state index >= 15 is 0 Å². The molecule has 0 bridgehead atoms. The lowest BCUT2D eigenvalue weighted by molar-refractivity contribution is -0.121. The van der Waals surface area contributed by atoms with E-state index < -0.39 is 11.7 Å². The van der Waals surface area contributed by atoms with E-state index in [-0.39, 0.29) is 12.5 Å². The fraction of sp³-hybridized carbons (Fsp3) is 0.533. The summed E-state index contributed by atoms with van der Waals surface area (Å²) in [5.41, 5.74) is -0.634. The Bertz CT molecular complexity index is 506. The van der Waals surface area contributed by atoms with Crippen LogP contribution in [0.3, 0.4) is 0 Å². The van der Waals surface area contributed by atoms with E-state index in [0.717, 1.165) is 0 Å². The Balaban J connectivity index is 2.05. The zero-order chi connectivity index (χ0) is 15.6. The number of nitrogens with zero attached hydrogens (tertiary/aromatic N) is 2. The summed E-state index contributed by atoms with van der Waals surface area (Å²) in [6.07, 6.45) is -0.601. The Morgan fingerprint density at radius 2 is 2.05 bits per heavy atom. The van der Waals surface area contributed by atoms with E-state index in [9.17, 15) is 15.0 Å². The van der Waals surface area contributed by atoms with Gasteiger partial charge in [-0.05, 0) is 44.8 Å². The van der Waals surface area contributed by atoms with E-state index in [1.807, 2.05) is 19.0 Å². The molecule has 6 heteroatoms. The van der Waals surface area contributed by atoms with Gasteiger partial charge in [-0.25, -0.2) is 0 Å². The van der Waals surface area contributed by atoms with Crippen molar-refractivity contribution in [3.05, 3.63) is 34.9 Å². The molecule has 2 atom stereocenters. The van der Waals surface area contributed by atoms with E-state index in [1.54, 1.807) is 29.2 Å². The number of amides is 1. The fourth-order valence-electron chi connectivity index (χ4n) is 2.66. The van der Waals surface area contributed by atoms with Gasteiger partial charge in [0.1, 0.15) is 11.7 Å². The summed E-state index contributed by atoms with van der Waals surface area (Å²) < 4.78 is 0. The number of hydrogen-bond acceptors (Lipinski definition) is 4. The molecule has 1 fully saturated rings. The summed E-state index contributed by atoms with van der Waals surface area (Å²) in [5.74, 6) is -0.155. The van der Waals surface area contributed by atoms with Crippen LogP contribution in [0.25, 0.3) is 0 Å². The average Bonchev–Trinajstić information content (AvgIpc) is 2.41. The zero-order valence-corrected chi connectivity index (χ0v) is 13.0. The SMILES string of the molecule is CN(C)C[C@@]1(O)CCN(C(=O)c2ccc(Cl)cc2)C[C@@H]1O. The number of hydrogen-bond donors (Lipinski definition) is 2. The number of aliphatic hydroxyl groups is 2. The number of likely N-dealkylation sites (N-methyl/N-ethyl adjacent to an activating group) is 1. The molecule has 0 saturated carbocycles. The van der Waals surface area contributed by atoms with Gasteiger partial charge in [0.15, 0.2) is 0 Å². The minimum absolute atomic E-state index is 0.131. The number of benzene rings is 1. The fourth-order valence-corrected chi connectivity index (χ4v) is 2.78. The van der Waals surface area contributed by atoms with Crippen LogP contribution in [-0.4, -0.2) is 71.4 Å². The summed E-state index contributed by atoms with van der Waals surface area (Å²) in [7, 11) is 3.69. The van der Waals surface area contributed by atoms with Gasteiger partial charge in [-0.2, -0.15) is 0 Å². The second kappa shape index (κ2) is 6.32. The first kappa shape index (κ1) is 16.2. The summed E-state index contributed by atoms with van der Waals surface area (Å²) in [6, 6.07) is 6.66. The maximum absolute atomic E-state index is 12.4. The van der Waals surface area contributed by atoms with Crippen LogP contribution in [-0.2, 0) is 0 Å². The van der Waals surface area contributed by atoms with Crippen LogP contribution in [0.2, 0.25) is 5.02 Å². The van der Waals surface area contributed by atoms with Crippen LogP contribution in [0.15, 0.2) is 24.3 Å². The predicted molar refractivity (Wildman–Crippen MR) is 81.5 cm³/mol. The second-order valence-corrected chi connectivity index (χ2v) is 6.30. The topological polar surface area (TPSA) is 64.0 Å². The summed E-state index contributed by atoms with van der Waals surface area (Å²) in [5, 5.41) is 21.2.